The van der Waals surface area contributed by atoms with Crippen molar-refractivity contribution in [2.45, 2.75) is 31.7 Å². The first-order valence-electron chi connectivity index (χ1n) is 7.70. The fourth-order valence-corrected chi connectivity index (χ4v) is 2.94. The van der Waals surface area contributed by atoms with Crippen LogP contribution in [0.2, 0.25) is 0 Å². The molecule has 0 spiro atoms. The number of likely N-dealkylation sites (tertiary alicyclic amines) is 1. The zero-order chi connectivity index (χ0) is 16.2. The van der Waals surface area contributed by atoms with Crippen molar-refractivity contribution < 1.29 is 19.1 Å². The number of hydrogen-bond donors (Lipinski definition) is 1. The van der Waals surface area contributed by atoms with Gasteiger partial charge in [-0.3, -0.25) is 4.79 Å². The van der Waals surface area contributed by atoms with Crippen molar-refractivity contribution in [1.82, 2.24) is 9.88 Å². The number of carboxylic acids is 1. The Morgan fingerprint density at radius 1 is 1.22 bits per heavy atom. The van der Waals surface area contributed by atoms with E-state index in [1.54, 1.807) is 6.26 Å². The van der Waals surface area contributed by atoms with Crippen molar-refractivity contribution in [3.63, 3.8) is 0 Å². The van der Waals surface area contributed by atoms with E-state index in [1.165, 1.54) is 18.3 Å². The Morgan fingerprint density at radius 2 is 2.09 bits per heavy atom. The predicted octanol–water partition coefficient (Wildman–Crippen LogP) is 3.13. The van der Waals surface area contributed by atoms with Crippen molar-refractivity contribution >= 4 is 11.9 Å². The number of aromatic carboxylic acids is 1. The maximum atomic E-state index is 12.8. The van der Waals surface area contributed by atoms with Crippen LogP contribution in [0.3, 0.4) is 0 Å². The van der Waals surface area contributed by atoms with Gasteiger partial charge in [0.15, 0.2) is 0 Å². The molecule has 1 saturated heterocycles. The molecule has 23 heavy (non-hydrogen) atoms. The Morgan fingerprint density at radius 3 is 2.74 bits per heavy atom. The zero-order valence-corrected chi connectivity index (χ0v) is 12.6. The Bertz CT molecular complexity index is 679. The van der Waals surface area contributed by atoms with Crippen LogP contribution in [-0.4, -0.2) is 33.4 Å². The number of nitrogens with zero attached hydrogens (tertiary/aromatic N) is 2. The summed E-state index contributed by atoms with van der Waals surface area (Å²) in [6, 6.07) is 6.51. The van der Waals surface area contributed by atoms with Crippen LogP contribution >= 0.6 is 0 Å². The molecule has 120 valence electrons. The second-order valence-corrected chi connectivity index (χ2v) is 5.62. The molecule has 1 N–H and O–H groups in total. The fourth-order valence-electron chi connectivity index (χ4n) is 2.94. The number of pyridine rings is 1. The molecule has 1 aliphatic heterocycles. The third kappa shape index (κ3) is 3.26. The third-order valence-corrected chi connectivity index (χ3v) is 4.11. The molecule has 6 heteroatoms. The van der Waals surface area contributed by atoms with E-state index >= 15 is 0 Å². The molecular weight excluding hydrogens is 296 g/mol. The topological polar surface area (TPSA) is 83.6 Å². The highest BCUT2D eigenvalue weighted by atomic mass is 16.4. The molecule has 2 aromatic rings. The van der Waals surface area contributed by atoms with Gasteiger partial charge in [0.05, 0.1) is 17.9 Å². The van der Waals surface area contributed by atoms with Crippen LogP contribution in [0.4, 0.5) is 0 Å². The molecule has 0 radical (unpaired) electrons. The smallest absolute Gasteiger partial charge is 0.354 e. The molecule has 1 amide bonds. The minimum Gasteiger partial charge on any atom is -0.477 e. The second kappa shape index (κ2) is 6.64. The highest BCUT2D eigenvalue weighted by Gasteiger charge is 2.29. The number of rotatable bonds is 3. The van der Waals surface area contributed by atoms with Gasteiger partial charge in [0.1, 0.15) is 11.5 Å². The molecule has 0 aromatic carbocycles. The summed E-state index contributed by atoms with van der Waals surface area (Å²) in [5.41, 5.74) is 0.327. The lowest BCUT2D eigenvalue weighted by Gasteiger charge is -2.28. The molecular formula is C17H18N2O4. The van der Waals surface area contributed by atoms with Gasteiger partial charge in [-0.2, -0.15) is 0 Å². The molecule has 6 nitrogen and oxygen atoms in total. The molecule has 3 rings (SSSR count). The van der Waals surface area contributed by atoms with E-state index in [4.69, 9.17) is 9.52 Å². The zero-order valence-electron chi connectivity index (χ0n) is 12.6. The SMILES string of the molecule is O=C(O)c1ccc(C(=O)N2CCCCCC2c2ccco2)cn1. The van der Waals surface area contributed by atoms with E-state index in [1.807, 2.05) is 17.0 Å². The van der Waals surface area contributed by atoms with Crippen LogP contribution in [0.25, 0.3) is 0 Å². The van der Waals surface area contributed by atoms with Gasteiger partial charge in [-0.1, -0.05) is 12.8 Å². The average molecular weight is 314 g/mol. The van der Waals surface area contributed by atoms with Crippen LogP contribution < -0.4 is 0 Å². The maximum Gasteiger partial charge on any atom is 0.354 e. The predicted molar refractivity (Wildman–Crippen MR) is 82.1 cm³/mol. The maximum absolute atomic E-state index is 12.8. The number of furan rings is 1. The molecule has 1 fully saturated rings. The van der Waals surface area contributed by atoms with Crippen LogP contribution in [0, 0.1) is 0 Å². The summed E-state index contributed by atoms with van der Waals surface area (Å²) >= 11 is 0. The van der Waals surface area contributed by atoms with E-state index in [-0.39, 0.29) is 17.6 Å². The Kier molecular flexibility index (Phi) is 4.41. The molecule has 0 bridgehead atoms. The van der Waals surface area contributed by atoms with Gasteiger partial charge in [0.25, 0.3) is 5.91 Å². The van der Waals surface area contributed by atoms with E-state index in [0.29, 0.717) is 12.1 Å². The number of amides is 1. The van der Waals surface area contributed by atoms with Crippen molar-refractivity contribution in [2.24, 2.45) is 0 Å². The van der Waals surface area contributed by atoms with E-state index in [2.05, 4.69) is 4.98 Å². The lowest BCUT2D eigenvalue weighted by molar-refractivity contribution is 0.0652. The Balaban J connectivity index is 1.86. The first-order valence-corrected chi connectivity index (χ1v) is 7.70. The highest BCUT2D eigenvalue weighted by Crippen LogP contribution is 2.31. The summed E-state index contributed by atoms with van der Waals surface area (Å²) in [6.45, 7) is 0.658. The van der Waals surface area contributed by atoms with Gasteiger partial charge in [0.2, 0.25) is 0 Å². The normalized spacial score (nSPS) is 18.4. The number of aromatic nitrogens is 1. The number of hydrogen-bond acceptors (Lipinski definition) is 4. The fraction of sp³-hybridized carbons (Fsp3) is 0.353. The number of carboxylic acid groups (broad SMARTS) is 1. The Labute approximate surface area is 133 Å². The molecule has 1 unspecified atom stereocenters. The van der Waals surface area contributed by atoms with E-state index < -0.39 is 5.97 Å². The summed E-state index contributed by atoms with van der Waals surface area (Å²) in [5.74, 6) is -0.458. The van der Waals surface area contributed by atoms with Gasteiger partial charge >= 0.3 is 5.97 Å². The lowest BCUT2D eigenvalue weighted by atomic mass is 10.1. The lowest BCUT2D eigenvalue weighted by Crippen LogP contribution is -2.34. The van der Waals surface area contributed by atoms with Gasteiger partial charge in [-0.15, -0.1) is 0 Å². The van der Waals surface area contributed by atoms with Gasteiger partial charge in [0, 0.05) is 12.7 Å². The van der Waals surface area contributed by atoms with E-state index in [9.17, 15) is 9.59 Å². The van der Waals surface area contributed by atoms with Crippen molar-refractivity contribution in [3.05, 3.63) is 53.7 Å². The molecule has 0 saturated carbocycles. The van der Waals surface area contributed by atoms with Crippen LogP contribution in [0.15, 0.2) is 41.1 Å². The van der Waals surface area contributed by atoms with Gasteiger partial charge in [-0.25, -0.2) is 9.78 Å². The van der Waals surface area contributed by atoms with E-state index in [0.717, 1.165) is 31.4 Å². The van der Waals surface area contributed by atoms with Crippen LogP contribution in [0.1, 0.15) is 58.3 Å². The summed E-state index contributed by atoms with van der Waals surface area (Å²) in [6.07, 6.45) is 6.88. The Hall–Kier alpha value is -2.63. The first kappa shape index (κ1) is 15.3. The minimum atomic E-state index is -1.10. The van der Waals surface area contributed by atoms with Crippen LogP contribution in [0.5, 0.6) is 0 Å². The van der Waals surface area contributed by atoms with Crippen molar-refractivity contribution in [1.29, 1.82) is 0 Å². The summed E-state index contributed by atoms with van der Waals surface area (Å²) < 4.78 is 5.51. The van der Waals surface area contributed by atoms with Crippen molar-refractivity contribution in [3.8, 4) is 0 Å². The second-order valence-electron chi connectivity index (χ2n) is 5.62. The minimum absolute atomic E-state index is 0.0694. The summed E-state index contributed by atoms with van der Waals surface area (Å²) in [4.78, 5) is 29.3. The average Bonchev–Trinajstić information content (AvgIpc) is 2.99. The van der Waals surface area contributed by atoms with Crippen molar-refractivity contribution in [2.75, 3.05) is 6.54 Å². The standard InChI is InChI=1S/C17H18N2O4/c20-16(12-7-8-13(17(21)22)18-11-12)19-9-3-1-2-5-14(19)15-6-4-10-23-15/h4,6-8,10-11,14H,1-3,5,9H2,(H,21,22). The molecule has 2 aromatic heterocycles. The number of carbonyl (C=O) groups excluding carboxylic acids is 1. The quantitative estimate of drug-likeness (QED) is 0.941. The third-order valence-electron chi connectivity index (χ3n) is 4.11. The monoisotopic (exact) mass is 314 g/mol. The molecule has 1 atom stereocenters. The van der Waals surface area contributed by atoms with Gasteiger partial charge in [-0.05, 0) is 37.1 Å². The van der Waals surface area contributed by atoms with Crippen LogP contribution in [-0.2, 0) is 0 Å². The first-order chi connectivity index (χ1) is 11.2. The summed E-state index contributed by atoms with van der Waals surface area (Å²) in [7, 11) is 0. The molecule has 0 aliphatic carbocycles. The number of carbonyl (C=O) groups is 2. The molecule has 3 heterocycles. The summed E-state index contributed by atoms with van der Waals surface area (Å²) in [5, 5.41) is 8.90. The molecule has 1 aliphatic rings. The largest absolute Gasteiger partial charge is 0.477 e. The highest BCUT2D eigenvalue weighted by molar-refractivity contribution is 5.95. The van der Waals surface area contributed by atoms with Gasteiger partial charge < -0.3 is 14.4 Å².